The molecule has 22 heavy (non-hydrogen) atoms. The minimum absolute atomic E-state index is 0.175. The number of H-pyrrole nitrogens is 1. The lowest BCUT2D eigenvalue weighted by Crippen LogP contribution is -2.46. The first-order valence-electron chi connectivity index (χ1n) is 7.79. The van der Waals surface area contributed by atoms with E-state index in [0.717, 1.165) is 55.9 Å². The molecule has 0 aromatic carbocycles. The van der Waals surface area contributed by atoms with Gasteiger partial charge in [0.1, 0.15) is 17.8 Å². The van der Waals surface area contributed by atoms with E-state index in [1.807, 2.05) is 24.2 Å². The molecule has 7 heteroatoms. The highest BCUT2D eigenvalue weighted by Crippen LogP contribution is 2.27. The van der Waals surface area contributed by atoms with Crippen molar-refractivity contribution in [1.29, 1.82) is 0 Å². The fourth-order valence-corrected chi connectivity index (χ4v) is 3.51. The van der Waals surface area contributed by atoms with E-state index >= 15 is 0 Å². The highest BCUT2D eigenvalue weighted by Gasteiger charge is 2.34. The first-order chi connectivity index (χ1) is 10.7. The Morgan fingerprint density at radius 1 is 1.18 bits per heavy atom. The Morgan fingerprint density at radius 3 is 2.73 bits per heavy atom. The number of carbonyl (C=O) groups excluding carboxylic acids is 1. The maximum atomic E-state index is 12.1. The summed E-state index contributed by atoms with van der Waals surface area (Å²) < 4.78 is 0. The molecule has 2 aromatic heterocycles. The van der Waals surface area contributed by atoms with Gasteiger partial charge in [-0.1, -0.05) is 0 Å². The Bertz CT molecular complexity index is 690. The fraction of sp³-hybridized carbons (Fsp3) is 0.533. The minimum Gasteiger partial charge on any atom is -0.356 e. The molecule has 0 spiro atoms. The third-order valence-electron chi connectivity index (χ3n) is 4.79. The van der Waals surface area contributed by atoms with Crippen molar-refractivity contribution in [3.63, 3.8) is 0 Å². The molecular weight excluding hydrogens is 280 g/mol. The zero-order chi connectivity index (χ0) is 15.1. The van der Waals surface area contributed by atoms with Gasteiger partial charge in [0.25, 0.3) is 0 Å². The number of anilines is 1. The molecule has 2 aliphatic rings. The monoisotopic (exact) mass is 300 g/mol. The van der Waals surface area contributed by atoms with Gasteiger partial charge in [0.15, 0.2) is 0 Å². The van der Waals surface area contributed by atoms with Crippen LogP contribution in [0.25, 0.3) is 11.0 Å². The van der Waals surface area contributed by atoms with Crippen LogP contribution in [0.1, 0.15) is 12.8 Å². The van der Waals surface area contributed by atoms with Crippen molar-refractivity contribution in [2.45, 2.75) is 18.9 Å². The highest BCUT2D eigenvalue weighted by atomic mass is 16.2. The molecule has 2 aliphatic heterocycles. The Balaban J connectivity index is 1.48. The summed E-state index contributed by atoms with van der Waals surface area (Å²) in [6.07, 6.45) is 5.50. The number of piperidine rings is 1. The number of fused-ring (bicyclic) bond motifs is 1. The number of urea groups is 1. The number of nitrogens with zero attached hydrogens (tertiary/aromatic N) is 5. The molecule has 0 unspecified atom stereocenters. The molecule has 0 atom stereocenters. The topological polar surface area (TPSA) is 68.4 Å². The maximum Gasteiger partial charge on any atom is 0.320 e. The number of rotatable bonds is 2. The Hall–Kier alpha value is -2.31. The third kappa shape index (κ3) is 2.08. The molecule has 4 heterocycles. The summed E-state index contributed by atoms with van der Waals surface area (Å²) in [5, 5.41) is 1.07. The van der Waals surface area contributed by atoms with Crippen molar-refractivity contribution in [2.75, 3.05) is 38.1 Å². The predicted octanol–water partition coefficient (Wildman–Crippen LogP) is 1.29. The summed E-state index contributed by atoms with van der Waals surface area (Å²) in [5.74, 6) is 0.995. The second kappa shape index (κ2) is 5.15. The zero-order valence-corrected chi connectivity index (χ0v) is 12.7. The summed E-state index contributed by atoms with van der Waals surface area (Å²) in [6, 6.07) is 2.56. The van der Waals surface area contributed by atoms with Gasteiger partial charge in [-0.2, -0.15) is 0 Å². The van der Waals surface area contributed by atoms with E-state index in [4.69, 9.17) is 0 Å². The summed E-state index contributed by atoms with van der Waals surface area (Å²) >= 11 is 0. The second-order valence-corrected chi connectivity index (χ2v) is 6.05. The van der Waals surface area contributed by atoms with Crippen LogP contribution in [-0.4, -0.2) is 70.1 Å². The van der Waals surface area contributed by atoms with E-state index in [1.54, 1.807) is 11.2 Å². The number of aromatic nitrogens is 3. The van der Waals surface area contributed by atoms with Gasteiger partial charge in [0, 0.05) is 45.5 Å². The van der Waals surface area contributed by atoms with Crippen LogP contribution >= 0.6 is 0 Å². The van der Waals surface area contributed by atoms with Crippen LogP contribution in [0.5, 0.6) is 0 Å². The Morgan fingerprint density at radius 2 is 2.00 bits per heavy atom. The van der Waals surface area contributed by atoms with Crippen LogP contribution in [0.4, 0.5) is 10.6 Å². The van der Waals surface area contributed by atoms with Gasteiger partial charge in [-0.05, 0) is 18.9 Å². The summed E-state index contributed by atoms with van der Waals surface area (Å²) in [4.78, 5) is 30.1. The van der Waals surface area contributed by atoms with Gasteiger partial charge in [-0.15, -0.1) is 0 Å². The molecule has 2 saturated heterocycles. The van der Waals surface area contributed by atoms with Crippen molar-refractivity contribution < 1.29 is 4.79 Å². The van der Waals surface area contributed by atoms with E-state index < -0.39 is 0 Å². The first kappa shape index (κ1) is 13.4. The maximum absolute atomic E-state index is 12.1. The summed E-state index contributed by atoms with van der Waals surface area (Å²) in [5.41, 5.74) is 0.878. The molecule has 0 bridgehead atoms. The molecule has 2 aromatic rings. The number of hydrogen-bond acceptors (Lipinski definition) is 4. The van der Waals surface area contributed by atoms with Crippen LogP contribution in [-0.2, 0) is 0 Å². The van der Waals surface area contributed by atoms with Crippen LogP contribution in [0, 0.1) is 0 Å². The number of hydrogen-bond donors (Lipinski definition) is 1. The standard InChI is InChI=1S/C15H20N6O/c1-19-8-9-21(15(19)22)11-3-6-20(7-4-11)14-12-2-5-16-13(12)17-10-18-14/h2,5,10-11H,3-4,6-9H2,1H3,(H,16,17,18). The Labute approximate surface area is 128 Å². The Kier molecular flexibility index (Phi) is 3.13. The second-order valence-electron chi connectivity index (χ2n) is 6.05. The van der Waals surface area contributed by atoms with Gasteiger partial charge in [-0.25, -0.2) is 14.8 Å². The molecule has 0 radical (unpaired) electrons. The van der Waals surface area contributed by atoms with Gasteiger partial charge in [-0.3, -0.25) is 0 Å². The number of aromatic amines is 1. The van der Waals surface area contributed by atoms with Crippen molar-refractivity contribution in [1.82, 2.24) is 24.8 Å². The van der Waals surface area contributed by atoms with Gasteiger partial charge in [0.05, 0.1) is 5.39 Å². The van der Waals surface area contributed by atoms with Crippen molar-refractivity contribution in [3.8, 4) is 0 Å². The molecule has 7 nitrogen and oxygen atoms in total. The smallest absolute Gasteiger partial charge is 0.320 e. The zero-order valence-electron chi connectivity index (χ0n) is 12.7. The van der Waals surface area contributed by atoms with E-state index in [9.17, 15) is 4.79 Å². The molecule has 2 amide bonds. The van der Waals surface area contributed by atoms with Crippen LogP contribution < -0.4 is 4.90 Å². The van der Waals surface area contributed by atoms with Crippen molar-refractivity contribution >= 4 is 22.9 Å². The summed E-state index contributed by atoms with van der Waals surface area (Å²) in [6.45, 7) is 3.55. The lowest BCUT2D eigenvalue weighted by molar-refractivity contribution is 0.173. The molecule has 2 fully saturated rings. The van der Waals surface area contributed by atoms with Gasteiger partial charge >= 0.3 is 6.03 Å². The highest BCUT2D eigenvalue weighted by molar-refractivity contribution is 5.87. The minimum atomic E-state index is 0.175. The van der Waals surface area contributed by atoms with Gasteiger partial charge < -0.3 is 19.7 Å². The molecule has 1 N–H and O–H groups in total. The van der Waals surface area contributed by atoms with Crippen molar-refractivity contribution in [2.24, 2.45) is 0 Å². The summed E-state index contributed by atoms with van der Waals surface area (Å²) in [7, 11) is 1.88. The lowest BCUT2D eigenvalue weighted by atomic mass is 10.0. The van der Waals surface area contributed by atoms with Crippen LogP contribution in [0.3, 0.4) is 0 Å². The normalized spacial score (nSPS) is 20.4. The largest absolute Gasteiger partial charge is 0.356 e. The van der Waals surface area contributed by atoms with E-state index in [-0.39, 0.29) is 6.03 Å². The van der Waals surface area contributed by atoms with E-state index in [0.29, 0.717) is 6.04 Å². The van der Waals surface area contributed by atoms with Gasteiger partial charge in [0.2, 0.25) is 0 Å². The molecule has 0 aliphatic carbocycles. The van der Waals surface area contributed by atoms with Crippen molar-refractivity contribution in [3.05, 3.63) is 18.6 Å². The third-order valence-corrected chi connectivity index (χ3v) is 4.79. The molecule has 4 rings (SSSR count). The van der Waals surface area contributed by atoms with Crippen LogP contribution in [0.2, 0.25) is 0 Å². The fourth-order valence-electron chi connectivity index (χ4n) is 3.51. The molecule has 116 valence electrons. The first-order valence-corrected chi connectivity index (χ1v) is 7.79. The number of carbonyl (C=O) groups is 1. The predicted molar refractivity (Wildman–Crippen MR) is 83.9 cm³/mol. The van der Waals surface area contributed by atoms with Crippen LogP contribution in [0.15, 0.2) is 18.6 Å². The lowest BCUT2D eigenvalue weighted by Gasteiger charge is -2.37. The van der Waals surface area contributed by atoms with E-state index in [1.165, 1.54) is 0 Å². The number of nitrogens with one attached hydrogen (secondary N) is 1. The molecule has 0 saturated carbocycles. The van der Waals surface area contributed by atoms with E-state index in [2.05, 4.69) is 19.9 Å². The number of likely N-dealkylation sites (N-methyl/N-ethyl adjacent to an activating group) is 1. The average Bonchev–Trinajstić information content (AvgIpc) is 3.15. The quantitative estimate of drug-likeness (QED) is 0.907. The SMILES string of the molecule is CN1CCN(C2CCN(c3ncnc4[nH]ccc34)CC2)C1=O. The molecular formula is C15H20N6O. The average molecular weight is 300 g/mol. The number of amides is 2.